The van der Waals surface area contributed by atoms with Crippen LogP contribution in [0.3, 0.4) is 0 Å². The predicted octanol–water partition coefficient (Wildman–Crippen LogP) is 1.86. The van der Waals surface area contributed by atoms with Crippen molar-refractivity contribution in [2.24, 2.45) is 5.41 Å². The minimum Gasteiger partial charge on any atom is -0.481 e. The molecular weight excluding hydrogens is 218 g/mol. The molecule has 94 valence electrons. The molecule has 0 heterocycles. The van der Waals surface area contributed by atoms with Crippen LogP contribution in [0.25, 0.3) is 0 Å². The fourth-order valence-electron chi connectivity index (χ4n) is 2.30. The average Bonchev–Trinajstić information content (AvgIpc) is 3.02. The lowest BCUT2D eigenvalue weighted by atomic mass is 9.95. The van der Waals surface area contributed by atoms with E-state index >= 15 is 0 Å². The Hall–Kier alpha value is -1.32. The van der Waals surface area contributed by atoms with Crippen LogP contribution in [0.5, 0.6) is 0 Å². The SMILES string of the molecule is CC1=CC[C@H](NC(=O)CC2(C(=O)O)CC2)CC1. The lowest BCUT2D eigenvalue weighted by Crippen LogP contribution is -2.37. The van der Waals surface area contributed by atoms with E-state index in [9.17, 15) is 9.59 Å². The first-order chi connectivity index (χ1) is 8.02. The largest absolute Gasteiger partial charge is 0.481 e. The summed E-state index contributed by atoms with van der Waals surface area (Å²) in [4.78, 5) is 22.7. The van der Waals surface area contributed by atoms with Crippen molar-refractivity contribution in [1.82, 2.24) is 5.32 Å². The third kappa shape index (κ3) is 2.87. The molecule has 0 aromatic heterocycles. The average molecular weight is 237 g/mol. The minimum atomic E-state index is -0.827. The maximum absolute atomic E-state index is 11.8. The van der Waals surface area contributed by atoms with Gasteiger partial charge >= 0.3 is 5.97 Å². The molecule has 2 N–H and O–H groups in total. The number of amides is 1. The van der Waals surface area contributed by atoms with Crippen LogP contribution in [0.2, 0.25) is 0 Å². The Morgan fingerprint density at radius 3 is 2.71 bits per heavy atom. The Labute approximate surface area is 101 Å². The van der Waals surface area contributed by atoms with Crippen molar-refractivity contribution in [2.45, 2.75) is 51.5 Å². The molecule has 1 fully saturated rings. The fourth-order valence-corrected chi connectivity index (χ4v) is 2.30. The molecule has 0 radical (unpaired) electrons. The molecule has 17 heavy (non-hydrogen) atoms. The highest BCUT2D eigenvalue weighted by Crippen LogP contribution is 2.49. The van der Waals surface area contributed by atoms with Gasteiger partial charge in [0, 0.05) is 12.5 Å². The van der Waals surface area contributed by atoms with Gasteiger partial charge in [0.25, 0.3) is 0 Å². The zero-order valence-corrected chi connectivity index (χ0v) is 10.2. The van der Waals surface area contributed by atoms with Gasteiger partial charge in [0.2, 0.25) is 5.91 Å². The molecule has 1 atom stereocenters. The normalized spacial score (nSPS) is 25.9. The van der Waals surface area contributed by atoms with Crippen LogP contribution in [-0.2, 0) is 9.59 Å². The van der Waals surface area contributed by atoms with E-state index in [0.717, 1.165) is 19.3 Å². The molecule has 1 amide bonds. The lowest BCUT2D eigenvalue weighted by Gasteiger charge is -2.22. The summed E-state index contributed by atoms with van der Waals surface area (Å²) in [6, 6.07) is 0.191. The van der Waals surface area contributed by atoms with E-state index < -0.39 is 11.4 Å². The van der Waals surface area contributed by atoms with Crippen molar-refractivity contribution >= 4 is 11.9 Å². The standard InChI is InChI=1S/C13H19NO3/c1-9-2-4-10(5-3-9)14-11(15)8-13(6-7-13)12(16)17/h2,10H,3-8H2,1H3,(H,14,15)(H,16,17)/t10-/m0/s1. The van der Waals surface area contributed by atoms with E-state index in [4.69, 9.17) is 5.11 Å². The Bertz CT molecular complexity index is 369. The monoisotopic (exact) mass is 237 g/mol. The van der Waals surface area contributed by atoms with Gasteiger partial charge < -0.3 is 10.4 Å². The van der Waals surface area contributed by atoms with Crippen molar-refractivity contribution in [1.29, 1.82) is 0 Å². The van der Waals surface area contributed by atoms with Crippen molar-refractivity contribution in [3.63, 3.8) is 0 Å². The Kier molecular flexibility index (Phi) is 3.22. The first-order valence-electron chi connectivity index (χ1n) is 6.20. The lowest BCUT2D eigenvalue weighted by molar-refractivity contribution is -0.145. The number of carboxylic acid groups (broad SMARTS) is 1. The molecule has 1 saturated carbocycles. The number of allylic oxidation sites excluding steroid dienone is 1. The third-order valence-electron chi connectivity index (χ3n) is 3.81. The maximum atomic E-state index is 11.8. The predicted molar refractivity (Wildman–Crippen MR) is 63.5 cm³/mol. The van der Waals surface area contributed by atoms with Gasteiger partial charge in [-0.3, -0.25) is 9.59 Å². The highest BCUT2D eigenvalue weighted by molar-refractivity contribution is 5.87. The summed E-state index contributed by atoms with van der Waals surface area (Å²) < 4.78 is 0. The zero-order valence-electron chi connectivity index (χ0n) is 10.2. The van der Waals surface area contributed by atoms with Gasteiger partial charge in [0.05, 0.1) is 5.41 Å². The van der Waals surface area contributed by atoms with Crippen LogP contribution in [0.15, 0.2) is 11.6 Å². The van der Waals surface area contributed by atoms with Crippen LogP contribution in [0, 0.1) is 5.41 Å². The summed E-state index contributed by atoms with van der Waals surface area (Å²) in [5, 5.41) is 11.9. The topological polar surface area (TPSA) is 66.4 Å². The van der Waals surface area contributed by atoms with Crippen LogP contribution in [0.4, 0.5) is 0 Å². The van der Waals surface area contributed by atoms with E-state index in [2.05, 4.69) is 18.3 Å². The number of rotatable bonds is 4. The molecule has 0 spiro atoms. The van der Waals surface area contributed by atoms with Gasteiger partial charge in [-0.15, -0.1) is 0 Å². The van der Waals surface area contributed by atoms with Gasteiger partial charge in [0.15, 0.2) is 0 Å². The highest BCUT2D eigenvalue weighted by Gasteiger charge is 2.51. The van der Waals surface area contributed by atoms with E-state index in [1.165, 1.54) is 5.57 Å². The zero-order chi connectivity index (χ0) is 12.5. The van der Waals surface area contributed by atoms with Gasteiger partial charge in [-0.25, -0.2) is 0 Å². The van der Waals surface area contributed by atoms with Crippen LogP contribution in [0.1, 0.15) is 45.4 Å². The molecule has 0 unspecified atom stereocenters. The summed E-state index contributed by atoms with van der Waals surface area (Å²) >= 11 is 0. The first kappa shape index (κ1) is 12.1. The second-order valence-electron chi connectivity index (χ2n) is 5.35. The van der Waals surface area contributed by atoms with E-state index in [1.54, 1.807) is 0 Å². The molecule has 0 saturated heterocycles. The van der Waals surface area contributed by atoms with Gasteiger partial charge in [-0.2, -0.15) is 0 Å². The van der Waals surface area contributed by atoms with Gasteiger partial charge in [0.1, 0.15) is 0 Å². The van der Waals surface area contributed by atoms with Crippen molar-refractivity contribution in [3.8, 4) is 0 Å². The maximum Gasteiger partial charge on any atom is 0.310 e. The molecule has 0 aromatic rings. The summed E-state index contributed by atoms with van der Waals surface area (Å²) in [5.74, 6) is -0.935. The second kappa shape index (κ2) is 4.51. The molecule has 2 aliphatic rings. The summed E-state index contributed by atoms with van der Waals surface area (Å²) in [6.07, 6.45) is 6.43. The number of hydrogen-bond acceptors (Lipinski definition) is 2. The quantitative estimate of drug-likeness (QED) is 0.733. The Balaban J connectivity index is 1.80. The molecule has 0 aromatic carbocycles. The number of carbonyl (C=O) groups is 2. The first-order valence-corrected chi connectivity index (χ1v) is 6.20. The summed E-state index contributed by atoms with van der Waals surface area (Å²) in [5.41, 5.74) is 0.629. The minimum absolute atomic E-state index is 0.108. The smallest absolute Gasteiger partial charge is 0.310 e. The number of hydrogen-bond donors (Lipinski definition) is 2. The molecule has 2 aliphatic carbocycles. The molecule has 0 bridgehead atoms. The molecule has 4 heteroatoms. The summed E-state index contributed by atoms with van der Waals surface area (Å²) in [6.45, 7) is 2.10. The fraction of sp³-hybridized carbons (Fsp3) is 0.692. The van der Waals surface area contributed by atoms with Crippen LogP contribution in [-0.4, -0.2) is 23.0 Å². The number of aliphatic carboxylic acids is 1. The second-order valence-corrected chi connectivity index (χ2v) is 5.35. The van der Waals surface area contributed by atoms with Gasteiger partial charge in [-0.05, 0) is 39.0 Å². The van der Waals surface area contributed by atoms with E-state index in [0.29, 0.717) is 12.8 Å². The van der Waals surface area contributed by atoms with E-state index in [1.807, 2.05) is 0 Å². The Morgan fingerprint density at radius 1 is 1.53 bits per heavy atom. The van der Waals surface area contributed by atoms with Crippen molar-refractivity contribution < 1.29 is 14.7 Å². The molecule has 4 nitrogen and oxygen atoms in total. The summed E-state index contributed by atoms with van der Waals surface area (Å²) in [7, 11) is 0. The third-order valence-corrected chi connectivity index (χ3v) is 3.81. The number of carboxylic acids is 1. The van der Waals surface area contributed by atoms with Crippen molar-refractivity contribution in [3.05, 3.63) is 11.6 Å². The highest BCUT2D eigenvalue weighted by atomic mass is 16.4. The van der Waals surface area contributed by atoms with Crippen LogP contribution >= 0.6 is 0 Å². The number of carbonyl (C=O) groups excluding carboxylic acids is 1. The molecule has 0 aliphatic heterocycles. The van der Waals surface area contributed by atoms with Gasteiger partial charge in [-0.1, -0.05) is 11.6 Å². The Morgan fingerprint density at radius 2 is 2.24 bits per heavy atom. The van der Waals surface area contributed by atoms with Crippen molar-refractivity contribution in [2.75, 3.05) is 0 Å². The molecular formula is C13H19NO3. The van der Waals surface area contributed by atoms with Crippen LogP contribution < -0.4 is 5.32 Å². The number of nitrogens with one attached hydrogen (secondary N) is 1. The van der Waals surface area contributed by atoms with E-state index in [-0.39, 0.29) is 18.4 Å². The molecule has 2 rings (SSSR count).